The molecular formula is C16H22BClFNO2. The lowest BCUT2D eigenvalue weighted by molar-refractivity contribution is 0.00578. The van der Waals surface area contributed by atoms with E-state index in [1.54, 1.807) is 18.3 Å². The Morgan fingerprint density at radius 3 is 2.23 bits per heavy atom. The number of halogens is 2. The first-order chi connectivity index (χ1) is 10.0. The molecule has 1 saturated heterocycles. The molecule has 120 valence electrons. The first-order valence-corrected chi connectivity index (χ1v) is 7.80. The van der Waals surface area contributed by atoms with E-state index in [-0.39, 0.29) is 5.92 Å². The molecule has 0 aromatic carbocycles. The molecule has 1 aliphatic rings. The highest BCUT2D eigenvalue weighted by Gasteiger charge is 2.53. The van der Waals surface area contributed by atoms with Crippen molar-refractivity contribution in [3.8, 4) is 0 Å². The predicted molar refractivity (Wildman–Crippen MR) is 88.2 cm³/mol. The maximum Gasteiger partial charge on any atom is 0.525 e. The number of allylic oxidation sites excluding steroid dienone is 1. The van der Waals surface area contributed by atoms with E-state index < -0.39 is 24.0 Å². The van der Waals surface area contributed by atoms with Crippen molar-refractivity contribution in [3.05, 3.63) is 34.8 Å². The lowest BCUT2D eigenvalue weighted by atomic mass is 9.79. The molecule has 0 saturated carbocycles. The van der Waals surface area contributed by atoms with Gasteiger partial charge in [-0.2, -0.15) is 0 Å². The van der Waals surface area contributed by atoms with Gasteiger partial charge in [0.1, 0.15) is 10.9 Å². The van der Waals surface area contributed by atoms with Crippen LogP contribution in [0.15, 0.2) is 24.1 Å². The Morgan fingerprint density at radius 2 is 1.77 bits per heavy atom. The number of nitrogens with zero attached hydrogens (tertiary/aromatic N) is 1. The molecule has 0 aliphatic carbocycles. The Labute approximate surface area is 137 Å². The van der Waals surface area contributed by atoms with Crippen LogP contribution in [0.4, 0.5) is 4.39 Å². The number of pyridine rings is 1. The average Bonchev–Trinajstić information content (AvgIpc) is 2.58. The Kier molecular flexibility index (Phi) is 4.72. The van der Waals surface area contributed by atoms with Gasteiger partial charge in [0.05, 0.1) is 11.2 Å². The van der Waals surface area contributed by atoms with E-state index >= 15 is 4.39 Å². The van der Waals surface area contributed by atoms with Crippen LogP contribution in [0, 0.1) is 5.92 Å². The molecule has 0 N–H and O–H groups in total. The number of aromatic nitrogens is 1. The number of hydrogen-bond acceptors (Lipinski definition) is 3. The van der Waals surface area contributed by atoms with Gasteiger partial charge in [-0.1, -0.05) is 25.4 Å². The highest BCUT2D eigenvalue weighted by atomic mass is 35.5. The van der Waals surface area contributed by atoms with E-state index in [0.29, 0.717) is 16.3 Å². The zero-order chi connectivity index (χ0) is 16.7. The van der Waals surface area contributed by atoms with Gasteiger partial charge in [0.25, 0.3) is 0 Å². The lowest BCUT2D eigenvalue weighted by Crippen LogP contribution is -2.41. The lowest BCUT2D eigenvalue weighted by Gasteiger charge is -2.32. The smallest absolute Gasteiger partial charge is 0.398 e. The second-order valence-corrected chi connectivity index (χ2v) is 7.26. The second-order valence-electron chi connectivity index (χ2n) is 6.87. The molecule has 1 aromatic rings. The summed E-state index contributed by atoms with van der Waals surface area (Å²) >= 11 is 5.93. The van der Waals surface area contributed by atoms with Crippen LogP contribution in [0.25, 0.3) is 5.57 Å². The molecule has 2 heterocycles. The summed E-state index contributed by atoms with van der Waals surface area (Å²) in [4.78, 5) is 3.94. The van der Waals surface area contributed by atoms with Crippen LogP contribution in [0.5, 0.6) is 0 Å². The highest BCUT2D eigenvalue weighted by Crippen LogP contribution is 2.41. The molecule has 6 heteroatoms. The van der Waals surface area contributed by atoms with Crippen LogP contribution in [0.1, 0.15) is 47.1 Å². The van der Waals surface area contributed by atoms with Crippen molar-refractivity contribution >= 4 is 24.3 Å². The molecule has 2 rings (SSSR count). The molecule has 0 radical (unpaired) electrons. The van der Waals surface area contributed by atoms with Crippen LogP contribution in [0.3, 0.4) is 0 Å². The van der Waals surface area contributed by atoms with Gasteiger partial charge < -0.3 is 9.31 Å². The van der Waals surface area contributed by atoms with E-state index in [1.807, 2.05) is 41.5 Å². The molecule has 1 fully saturated rings. The van der Waals surface area contributed by atoms with E-state index in [4.69, 9.17) is 20.9 Å². The average molecular weight is 326 g/mol. The molecule has 0 spiro atoms. The Balaban J connectivity index is 2.45. The highest BCUT2D eigenvalue weighted by molar-refractivity contribution is 6.55. The molecule has 22 heavy (non-hydrogen) atoms. The summed E-state index contributed by atoms with van der Waals surface area (Å²) in [6, 6.07) is 3.40. The van der Waals surface area contributed by atoms with E-state index in [9.17, 15) is 0 Å². The van der Waals surface area contributed by atoms with Gasteiger partial charge in [0, 0.05) is 6.20 Å². The van der Waals surface area contributed by atoms with Crippen molar-refractivity contribution in [2.24, 2.45) is 5.92 Å². The molecule has 1 aliphatic heterocycles. The van der Waals surface area contributed by atoms with E-state index in [0.717, 1.165) is 0 Å². The monoisotopic (exact) mass is 325 g/mol. The van der Waals surface area contributed by atoms with E-state index in [2.05, 4.69) is 4.98 Å². The first kappa shape index (κ1) is 17.4. The first-order valence-electron chi connectivity index (χ1n) is 7.42. The van der Waals surface area contributed by atoms with Crippen LogP contribution >= 0.6 is 11.6 Å². The van der Waals surface area contributed by atoms with Gasteiger partial charge in [-0.15, -0.1) is 0 Å². The molecule has 0 amide bonds. The minimum absolute atomic E-state index is 0.0440. The van der Waals surface area contributed by atoms with E-state index in [1.165, 1.54) is 0 Å². The van der Waals surface area contributed by atoms with Crippen LogP contribution in [-0.4, -0.2) is 23.3 Å². The van der Waals surface area contributed by atoms with Gasteiger partial charge in [-0.25, -0.2) is 9.37 Å². The van der Waals surface area contributed by atoms with Crippen molar-refractivity contribution in [1.82, 2.24) is 4.98 Å². The minimum atomic E-state index is -1.01. The number of hydrogen-bond donors (Lipinski definition) is 0. The SMILES string of the molecule is CC(C)C(=C(F)B1OC(C)(C)C(C)(C)O1)c1ccnc(Cl)c1. The summed E-state index contributed by atoms with van der Waals surface area (Å²) in [5, 5.41) is 0.331. The maximum atomic E-state index is 15.1. The third-order valence-corrected chi connectivity index (χ3v) is 4.54. The summed E-state index contributed by atoms with van der Waals surface area (Å²) in [7, 11) is -1.01. The van der Waals surface area contributed by atoms with Crippen molar-refractivity contribution in [1.29, 1.82) is 0 Å². The normalized spacial score (nSPS) is 21.2. The fourth-order valence-electron chi connectivity index (χ4n) is 2.39. The van der Waals surface area contributed by atoms with Gasteiger partial charge in [0.2, 0.25) is 0 Å². The molecule has 0 atom stereocenters. The van der Waals surface area contributed by atoms with Gasteiger partial charge in [-0.05, 0) is 56.9 Å². The minimum Gasteiger partial charge on any atom is -0.398 e. The summed E-state index contributed by atoms with van der Waals surface area (Å²) in [5.74, 6) is -0.0440. The summed E-state index contributed by atoms with van der Waals surface area (Å²) in [6.45, 7) is 11.5. The quantitative estimate of drug-likeness (QED) is 0.596. The Bertz CT molecular complexity index is 586. The predicted octanol–water partition coefficient (Wildman–Crippen LogP) is 4.70. The third-order valence-electron chi connectivity index (χ3n) is 4.33. The van der Waals surface area contributed by atoms with Crippen LogP contribution < -0.4 is 0 Å². The fraction of sp³-hybridized carbons (Fsp3) is 0.562. The Morgan fingerprint density at radius 1 is 1.23 bits per heavy atom. The zero-order valence-corrected chi connectivity index (χ0v) is 14.7. The Hall–Kier alpha value is -0.905. The molecule has 3 nitrogen and oxygen atoms in total. The van der Waals surface area contributed by atoms with Gasteiger partial charge in [0.15, 0.2) is 0 Å². The largest absolute Gasteiger partial charge is 0.525 e. The van der Waals surface area contributed by atoms with Crippen molar-refractivity contribution in [2.45, 2.75) is 52.7 Å². The van der Waals surface area contributed by atoms with Gasteiger partial charge in [-0.3, -0.25) is 0 Å². The molecule has 0 unspecified atom stereocenters. The fourth-order valence-corrected chi connectivity index (χ4v) is 2.56. The maximum absolute atomic E-state index is 15.1. The zero-order valence-electron chi connectivity index (χ0n) is 13.9. The molecular weight excluding hydrogens is 303 g/mol. The summed E-state index contributed by atoms with van der Waals surface area (Å²) < 4.78 is 26.7. The van der Waals surface area contributed by atoms with Crippen molar-refractivity contribution in [2.75, 3.05) is 0 Å². The van der Waals surface area contributed by atoms with Gasteiger partial charge >= 0.3 is 7.12 Å². The molecule has 1 aromatic heterocycles. The summed E-state index contributed by atoms with van der Waals surface area (Å²) in [5.41, 5.74) is -0.333. The van der Waals surface area contributed by atoms with Crippen molar-refractivity contribution in [3.63, 3.8) is 0 Å². The molecule has 0 bridgehead atoms. The number of rotatable bonds is 3. The van der Waals surface area contributed by atoms with Crippen LogP contribution in [0.2, 0.25) is 5.15 Å². The second kappa shape index (κ2) is 5.95. The third kappa shape index (κ3) is 3.22. The topological polar surface area (TPSA) is 31.4 Å². The standard InChI is InChI=1S/C16H22BClFNO2/c1-10(2)13(11-7-8-20-12(18)9-11)14(19)17-21-15(3,4)16(5,6)22-17/h7-10H,1-6H3. The summed E-state index contributed by atoms with van der Waals surface area (Å²) in [6.07, 6.45) is 1.57. The van der Waals surface area contributed by atoms with Crippen LogP contribution in [-0.2, 0) is 9.31 Å². The van der Waals surface area contributed by atoms with Crippen molar-refractivity contribution < 1.29 is 13.7 Å².